The summed E-state index contributed by atoms with van der Waals surface area (Å²) in [5.41, 5.74) is 2.46. The fraction of sp³-hybridized carbons (Fsp3) is 0.565. The minimum absolute atomic E-state index is 0.515. The highest BCUT2D eigenvalue weighted by molar-refractivity contribution is 8.03. The molecule has 2 heterocycles. The highest BCUT2D eigenvalue weighted by atomic mass is 32.2. The van der Waals surface area contributed by atoms with Crippen molar-refractivity contribution in [2.24, 2.45) is 17.8 Å². The Morgan fingerprint density at radius 3 is 2.74 bits per heavy atom. The minimum Gasteiger partial charge on any atom is -0.388 e. The van der Waals surface area contributed by atoms with Crippen LogP contribution in [-0.2, 0) is 0 Å². The third-order valence-electron chi connectivity index (χ3n) is 5.56. The van der Waals surface area contributed by atoms with Crippen molar-refractivity contribution in [2.75, 3.05) is 25.5 Å². The van der Waals surface area contributed by atoms with Gasteiger partial charge in [0.1, 0.15) is 0 Å². The van der Waals surface area contributed by atoms with Gasteiger partial charge in [-0.1, -0.05) is 44.2 Å². The van der Waals surface area contributed by atoms with Crippen LogP contribution in [0.5, 0.6) is 0 Å². The zero-order valence-electron chi connectivity index (χ0n) is 17.0. The number of hydrogen-bond donors (Lipinski definition) is 3. The first kappa shape index (κ1) is 20.3. The molecule has 3 N–H and O–H groups in total. The summed E-state index contributed by atoms with van der Waals surface area (Å²) < 4.78 is 0. The molecule has 148 valence electrons. The molecular weight excluding hydrogens is 350 g/mol. The molecule has 3 nitrogen and oxygen atoms in total. The number of nitrogens with one attached hydrogen (secondary N) is 3. The lowest BCUT2D eigenvalue weighted by Crippen LogP contribution is -2.28. The van der Waals surface area contributed by atoms with Crippen molar-refractivity contribution >= 4 is 23.5 Å². The van der Waals surface area contributed by atoms with Crippen molar-refractivity contribution in [1.29, 1.82) is 0 Å². The van der Waals surface area contributed by atoms with Crippen LogP contribution in [0.1, 0.15) is 45.1 Å². The van der Waals surface area contributed by atoms with Gasteiger partial charge < -0.3 is 16.0 Å². The topological polar surface area (TPSA) is 36.1 Å². The van der Waals surface area contributed by atoms with Gasteiger partial charge in [0.2, 0.25) is 0 Å². The molecule has 0 amide bonds. The van der Waals surface area contributed by atoms with Gasteiger partial charge in [0, 0.05) is 23.8 Å². The van der Waals surface area contributed by atoms with E-state index >= 15 is 0 Å². The standard InChI is InChI=1S/C23H35N3S/c1-17(2)15-20(9-6-8-18-7-4-5-10-21(18)24-3)23-26-16-22(27-23)19-11-13-25-14-12-19/h4-8,10,16-17,19-20,23-26H,9,11-15H2,1-3H3/b8-6+. The molecule has 0 aliphatic carbocycles. The van der Waals surface area contributed by atoms with Gasteiger partial charge in [-0.2, -0.15) is 0 Å². The van der Waals surface area contributed by atoms with E-state index in [2.05, 4.69) is 84.2 Å². The second kappa shape index (κ2) is 10.2. The average molecular weight is 386 g/mol. The lowest BCUT2D eigenvalue weighted by molar-refractivity contribution is 0.388. The van der Waals surface area contributed by atoms with Crippen molar-refractivity contribution in [1.82, 2.24) is 10.6 Å². The Hall–Kier alpha value is -1.39. The summed E-state index contributed by atoms with van der Waals surface area (Å²) in [5, 5.41) is 11.0. The molecule has 4 heteroatoms. The molecule has 0 bridgehead atoms. The summed E-state index contributed by atoms with van der Waals surface area (Å²) in [5.74, 6) is 2.13. The fourth-order valence-corrected chi connectivity index (χ4v) is 5.53. The number of hydrogen-bond acceptors (Lipinski definition) is 4. The zero-order chi connectivity index (χ0) is 19.1. The van der Waals surface area contributed by atoms with Crippen molar-refractivity contribution in [2.45, 2.75) is 44.9 Å². The molecular formula is C23H35N3S. The van der Waals surface area contributed by atoms with Crippen molar-refractivity contribution < 1.29 is 0 Å². The van der Waals surface area contributed by atoms with Gasteiger partial charge in [-0.3, -0.25) is 0 Å². The summed E-state index contributed by atoms with van der Waals surface area (Å²) in [6, 6.07) is 8.50. The molecule has 1 aromatic carbocycles. The van der Waals surface area contributed by atoms with E-state index in [0.29, 0.717) is 11.3 Å². The van der Waals surface area contributed by atoms with Gasteiger partial charge in [-0.15, -0.1) is 11.8 Å². The molecule has 0 radical (unpaired) electrons. The van der Waals surface area contributed by atoms with Crippen LogP contribution >= 0.6 is 11.8 Å². The Bertz CT molecular complexity index is 647. The normalized spacial score (nSPS) is 22.1. The maximum Gasteiger partial charge on any atom is 0.0792 e. The second-order valence-corrected chi connectivity index (χ2v) is 9.36. The summed E-state index contributed by atoms with van der Waals surface area (Å²) >= 11 is 2.10. The van der Waals surface area contributed by atoms with E-state index in [1.54, 1.807) is 4.91 Å². The first-order chi connectivity index (χ1) is 13.2. The molecule has 2 aliphatic heterocycles. The van der Waals surface area contributed by atoms with E-state index in [0.717, 1.165) is 31.3 Å². The van der Waals surface area contributed by atoms with Crippen LogP contribution in [0.25, 0.3) is 6.08 Å². The quantitative estimate of drug-likeness (QED) is 0.568. The van der Waals surface area contributed by atoms with Crippen LogP contribution in [0, 0.1) is 17.8 Å². The molecule has 2 atom stereocenters. The Morgan fingerprint density at radius 2 is 2.00 bits per heavy atom. The lowest BCUT2D eigenvalue weighted by atomic mass is 9.93. The van der Waals surface area contributed by atoms with Crippen LogP contribution in [0.4, 0.5) is 5.69 Å². The van der Waals surface area contributed by atoms with E-state index in [1.165, 1.54) is 30.5 Å². The second-order valence-electron chi connectivity index (χ2n) is 8.14. The van der Waals surface area contributed by atoms with Gasteiger partial charge >= 0.3 is 0 Å². The number of benzene rings is 1. The van der Waals surface area contributed by atoms with E-state index < -0.39 is 0 Å². The number of allylic oxidation sites excluding steroid dienone is 2. The van der Waals surface area contributed by atoms with E-state index in [1.807, 2.05) is 7.05 Å². The monoisotopic (exact) mass is 385 g/mol. The van der Waals surface area contributed by atoms with Gasteiger partial charge in [0.25, 0.3) is 0 Å². The summed E-state index contributed by atoms with van der Waals surface area (Å²) in [7, 11) is 1.99. The van der Waals surface area contributed by atoms with Gasteiger partial charge in [0.05, 0.1) is 5.37 Å². The van der Waals surface area contributed by atoms with Gasteiger partial charge in [-0.25, -0.2) is 0 Å². The third-order valence-corrected chi connectivity index (χ3v) is 7.06. The van der Waals surface area contributed by atoms with Crippen LogP contribution in [0.15, 0.2) is 41.4 Å². The minimum atomic E-state index is 0.515. The van der Waals surface area contributed by atoms with Crippen molar-refractivity contribution in [3.63, 3.8) is 0 Å². The molecule has 2 unspecified atom stereocenters. The number of thioether (sulfide) groups is 1. The molecule has 1 fully saturated rings. The molecule has 27 heavy (non-hydrogen) atoms. The van der Waals surface area contributed by atoms with Gasteiger partial charge in [0.15, 0.2) is 0 Å². The van der Waals surface area contributed by atoms with Crippen molar-refractivity contribution in [3.8, 4) is 0 Å². The Morgan fingerprint density at radius 1 is 1.22 bits per heavy atom. The SMILES string of the molecule is CNc1ccccc1/C=C/CC(CC(C)C)C1NC=C(C2CCNCC2)S1. The molecule has 1 saturated heterocycles. The highest BCUT2D eigenvalue weighted by Crippen LogP contribution is 2.40. The summed E-state index contributed by atoms with van der Waals surface area (Å²) in [4.78, 5) is 1.58. The number of piperidine rings is 1. The van der Waals surface area contributed by atoms with E-state index in [-0.39, 0.29) is 0 Å². The first-order valence-corrected chi connectivity index (χ1v) is 11.3. The van der Waals surface area contributed by atoms with Crippen LogP contribution < -0.4 is 16.0 Å². The Balaban J connectivity index is 1.60. The molecule has 3 rings (SSSR count). The number of anilines is 1. The predicted octanol–water partition coefficient (Wildman–Crippen LogP) is 5.30. The highest BCUT2D eigenvalue weighted by Gasteiger charge is 2.30. The maximum absolute atomic E-state index is 3.71. The summed E-state index contributed by atoms with van der Waals surface area (Å²) in [6.45, 7) is 7.01. The Labute approximate surface area is 169 Å². The average Bonchev–Trinajstić information content (AvgIpc) is 3.18. The van der Waals surface area contributed by atoms with E-state index in [4.69, 9.17) is 0 Å². The molecule has 1 aromatic rings. The maximum atomic E-state index is 3.71. The largest absolute Gasteiger partial charge is 0.388 e. The van der Waals surface area contributed by atoms with Crippen LogP contribution in [0.3, 0.4) is 0 Å². The molecule has 0 saturated carbocycles. The van der Waals surface area contributed by atoms with Crippen LogP contribution in [0.2, 0.25) is 0 Å². The smallest absolute Gasteiger partial charge is 0.0792 e. The van der Waals surface area contributed by atoms with Crippen LogP contribution in [-0.4, -0.2) is 25.5 Å². The predicted molar refractivity (Wildman–Crippen MR) is 121 cm³/mol. The number of para-hydroxylation sites is 1. The number of rotatable bonds is 8. The first-order valence-electron chi connectivity index (χ1n) is 10.4. The lowest BCUT2D eigenvalue weighted by Gasteiger charge is -2.26. The Kier molecular flexibility index (Phi) is 7.71. The third kappa shape index (κ3) is 5.79. The molecule has 0 spiro atoms. The molecule has 0 aromatic heterocycles. The summed E-state index contributed by atoms with van der Waals surface area (Å²) in [6.07, 6.45) is 11.9. The zero-order valence-corrected chi connectivity index (χ0v) is 17.8. The van der Waals surface area contributed by atoms with Crippen molar-refractivity contribution in [3.05, 3.63) is 47.0 Å². The fourth-order valence-electron chi connectivity index (χ4n) is 4.12. The molecule has 2 aliphatic rings. The van der Waals surface area contributed by atoms with Gasteiger partial charge in [-0.05, 0) is 68.2 Å². The van der Waals surface area contributed by atoms with E-state index in [9.17, 15) is 0 Å².